The van der Waals surface area contributed by atoms with Crippen LogP contribution in [0.2, 0.25) is 0 Å². The van der Waals surface area contributed by atoms with Crippen LogP contribution < -0.4 is 15.4 Å². The Bertz CT molecular complexity index is 1170. The molecule has 12 heteroatoms. The number of aromatic nitrogens is 2. The molecule has 0 fully saturated rings. The number of hydrogen-bond acceptors (Lipinski definition) is 6. The largest absolute Gasteiger partial charge is 0.508 e. The van der Waals surface area contributed by atoms with Crippen LogP contribution in [-0.4, -0.2) is 51.6 Å². The van der Waals surface area contributed by atoms with Gasteiger partial charge < -0.3 is 25.6 Å². The number of phenolic OH excluding ortho intramolecular Hbond substituents is 1. The normalized spacial score (nSPS) is 14.9. The van der Waals surface area contributed by atoms with E-state index < -0.39 is 12.1 Å². The number of benzene rings is 2. The Kier molecular flexibility index (Phi) is 7.41. The number of aromatic amines is 1. The molecule has 0 aliphatic carbocycles. The molecule has 0 radical (unpaired) electrons. The van der Waals surface area contributed by atoms with E-state index in [1.54, 1.807) is 31.6 Å². The summed E-state index contributed by atoms with van der Waals surface area (Å²) in [5, 5.41) is 29.7. The molecular formula is C22H21F3N4O5. The number of amides is 1. The first kappa shape index (κ1) is 24.6. The van der Waals surface area contributed by atoms with Crippen molar-refractivity contribution in [2.45, 2.75) is 25.2 Å². The van der Waals surface area contributed by atoms with Gasteiger partial charge in [0.05, 0.1) is 25.0 Å². The number of phenols is 1. The number of carbonyl (C=O) groups is 2. The third-order valence-corrected chi connectivity index (χ3v) is 5.00. The molecule has 0 saturated carbocycles. The predicted octanol–water partition coefficient (Wildman–Crippen LogP) is 3.08. The molecule has 1 aliphatic heterocycles. The van der Waals surface area contributed by atoms with Gasteiger partial charge in [-0.05, 0) is 47.4 Å². The van der Waals surface area contributed by atoms with Gasteiger partial charge in [-0.25, -0.2) is 4.79 Å². The molecule has 0 spiro atoms. The quantitative estimate of drug-likeness (QED) is 0.389. The number of carboxylic acid groups (broad SMARTS) is 1. The second-order valence-electron chi connectivity index (χ2n) is 7.28. The van der Waals surface area contributed by atoms with Gasteiger partial charge in [-0.15, -0.1) is 0 Å². The molecule has 3 aromatic rings. The molecular weight excluding hydrogens is 457 g/mol. The van der Waals surface area contributed by atoms with Gasteiger partial charge in [0.15, 0.2) is 0 Å². The van der Waals surface area contributed by atoms with Crippen molar-refractivity contribution in [3.05, 3.63) is 59.9 Å². The highest BCUT2D eigenvalue weighted by atomic mass is 19.4. The summed E-state index contributed by atoms with van der Waals surface area (Å²) < 4.78 is 37.2. The fourth-order valence-electron chi connectivity index (χ4n) is 3.29. The maximum Gasteiger partial charge on any atom is 0.490 e. The second-order valence-corrected chi connectivity index (χ2v) is 7.28. The number of hydrogen-bond donors (Lipinski definition) is 5. The van der Waals surface area contributed by atoms with Crippen molar-refractivity contribution in [1.29, 1.82) is 0 Å². The fraction of sp³-hybridized carbons (Fsp3) is 0.227. The third kappa shape index (κ3) is 6.04. The molecule has 1 aliphatic rings. The number of nitrogens with zero attached hydrogens (tertiary/aromatic N) is 1. The molecule has 1 unspecified atom stereocenters. The topological polar surface area (TPSA) is 137 Å². The molecule has 4 rings (SSSR count). The van der Waals surface area contributed by atoms with E-state index in [0.29, 0.717) is 24.4 Å². The minimum absolute atomic E-state index is 0.140. The Labute approximate surface area is 191 Å². The summed E-state index contributed by atoms with van der Waals surface area (Å²) in [6, 6.07) is 10.5. The number of rotatable bonds is 4. The lowest BCUT2D eigenvalue weighted by Crippen LogP contribution is -2.44. The predicted molar refractivity (Wildman–Crippen MR) is 115 cm³/mol. The highest BCUT2D eigenvalue weighted by molar-refractivity contribution is 5.96. The molecule has 180 valence electrons. The zero-order valence-electron chi connectivity index (χ0n) is 17.8. The first-order chi connectivity index (χ1) is 16.1. The van der Waals surface area contributed by atoms with E-state index >= 15 is 0 Å². The number of carbonyl (C=O) groups excluding carboxylic acids is 1. The van der Waals surface area contributed by atoms with E-state index in [1.165, 1.54) is 0 Å². The molecule has 1 atom stereocenters. The molecule has 1 aromatic heterocycles. The number of nitrogens with one attached hydrogen (secondary N) is 3. The summed E-state index contributed by atoms with van der Waals surface area (Å²) >= 11 is 0. The number of anilines is 1. The number of methoxy groups -OCH3 is 1. The summed E-state index contributed by atoms with van der Waals surface area (Å²) in [4.78, 5) is 21.6. The van der Waals surface area contributed by atoms with E-state index in [-0.39, 0.29) is 17.7 Å². The highest BCUT2D eigenvalue weighted by Crippen LogP contribution is 2.31. The number of H-pyrrole nitrogens is 1. The van der Waals surface area contributed by atoms with Crippen LogP contribution in [0.3, 0.4) is 0 Å². The van der Waals surface area contributed by atoms with Crippen molar-refractivity contribution in [3.63, 3.8) is 0 Å². The molecule has 2 heterocycles. The molecule has 2 aromatic carbocycles. The average Bonchev–Trinajstić information content (AvgIpc) is 3.33. The minimum atomic E-state index is -5.08. The zero-order chi connectivity index (χ0) is 24.9. The van der Waals surface area contributed by atoms with Gasteiger partial charge in [-0.1, -0.05) is 12.1 Å². The highest BCUT2D eigenvalue weighted by Gasteiger charge is 2.38. The summed E-state index contributed by atoms with van der Waals surface area (Å²) in [5.74, 6) is -2.10. The lowest BCUT2D eigenvalue weighted by Gasteiger charge is -2.25. The van der Waals surface area contributed by atoms with Gasteiger partial charge in [0.2, 0.25) is 5.91 Å². The van der Waals surface area contributed by atoms with Crippen LogP contribution in [-0.2, 0) is 22.6 Å². The standard InChI is InChI=1S/C20H20N4O3.C2HF3O2/c1-27-19-8-12(15-10-22-23-11-15)3-5-17(19)24-20(26)18-7-14-6-16(25)4-2-13(14)9-21-18;3-2(4,5)1(6)7/h2-6,8,10-11,18,21,25H,7,9H2,1H3,(H,22,23)(H,24,26);(H,6,7). The minimum Gasteiger partial charge on any atom is -0.508 e. The molecule has 9 nitrogen and oxygen atoms in total. The van der Waals surface area contributed by atoms with Crippen LogP contribution in [0.5, 0.6) is 11.5 Å². The Morgan fingerprint density at radius 1 is 1.15 bits per heavy atom. The first-order valence-corrected chi connectivity index (χ1v) is 9.90. The fourth-order valence-corrected chi connectivity index (χ4v) is 3.29. The molecule has 1 amide bonds. The summed E-state index contributed by atoms with van der Waals surface area (Å²) in [6.07, 6.45) is -1.04. The van der Waals surface area contributed by atoms with Gasteiger partial charge >= 0.3 is 12.1 Å². The van der Waals surface area contributed by atoms with E-state index in [9.17, 15) is 23.1 Å². The smallest absolute Gasteiger partial charge is 0.490 e. The van der Waals surface area contributed by atoms with E-state index in [0.717, 1.165) is 22.3 Å². The Hall–Kier alpha value is -4.06. The Morgan fingerprint density at radius 2 is 1.88 bits per heavy atom. The summed E-state index contributed by atoms with van der Waals surface area (Å²) in [6.45, 7) is 0.588. The van der Waals surface area contributed by atoms with Crippen molar-refractivity contribution >= 4 is 17.6 Å². The van der Waals surface area contributed by atoms with Gasteiger partial charge in [-0.2, -0.15) is 18.3 Å². The van der Waals surface area contributed by atoms with Gasteiger partial charge in [0, 0.05) is 18.3 Å². The van der Waals surface area contributed by atoms with Crippen LogP contribution in [0, 0.1) is 0 Å². The van der Waals surface area contributed by atoms with Crippen molar-refractivity contribution in [2.75, 3.05) is 12.4 Å². The maximum absolute atomic E-state index is 12.7. The molecule has 0 bridgehead atoms. The summed E-state index contributed by atoms with van der Waals surface area (Å²) in [7, 11) is 1.57. The number of ether oxygens (including phenoxy) is 1. The van der Waals surface area contributed by atoms with E-state index in [2.05, 4.69) is 20.8 Å². The van der Waals surface area contributed by atoms with Crippen LogP contribution >= 0.6 is 0 Å². The van der Waals surface area contributed by atoms with Crippen molar-refractivity contribution in [3.8, 4) is 22.6 Å². The third-order valence-electron chi connectivity index (χ3n) is 5.00. The lowest BCUT2D eigenvalue weighted by atomic mass is 9.95. The van der Waals surface area contributed by atoms with Gasteiger partial charge in [0.1, 0.15) is 11.5 Å². The Morgan fingerprint density at radius 3 is 2.50 bits per heavy atom. The first-order valence-electron chi connectivity index (χ1n) is 9.90. The molecule has 34 heavy (non-hydrogen) atoms. The van der Waals surface area contributed by atoms with Crippen LogP contribution in [0.15, 0.2) is 48.8 Å². The average molecular weight is 478 g/mol. The monoisotopic (exact) mass is 478 g/mol. The number of aromatic hydroxyl groups is 1. The number of aliphatic carboxylic acids is 1. The number of fused-ring (bicyclic) bond motifs is 1. The lowest BCUT2D eigenvalue weighted by molar-refractivity contribution is -0.192. The SMILES string of the molecule is COc1cc(-c2cn[nH]c2)ccc1NC(=O)C1Cc2cc(O)ccc2CN1.O=C(O)C(F)(F)F. The van der Waals surface area contributed by atoms with Crippen molar-refractivity contribution in [1.82, 2.24) is 15.5 Å². The zero-order valence-corrected chi connectivity index (χ0v) is 17.8. The van der Waals surface area contributed by atoms with Crippen LogP contribution in [0.25, 0.3) is 11.1 Å². The second kappa shape index (κ2) is 10.3. The van der Waals surface area contributed by atoms with E-state index in [4.69, 9.17) is 14.6 Å². The number of carboxylic acids is 1. The van der Waals surface area contributed by atoms with Crippen molar-refractivity contribution < 1.29 is 37.7 Å². The maximum atomic E-state index is 12.7. The van der Waals surface area contributed by atoms with Gasteiger partial charge in [0.25, 0.3) is 0 Å². The van der Waals surface area contributed by atoms with E-state index in [1.807, 2.05) is 24.3 Å². The van der Waals surface area contributed by atoms with Gasteiger partial charge in [-0.3, -0.25) is 9.89 Å². The number of alkyl halides is 3. The molecule has 5 N–H and O–H groups in total. The summed E-state index contributed by atoms with van der Waals surface area (Å²) in [5.41, 5.74) is 4.57. The van der Waals surface area contributed by atoms with Crippen LogP contribution in [0.1, 0.15) is 11.1 Å². The molecule has 0 saturated heterocycles. The number of halogens is 3. The van der Waals surface area contributed by atoms with Crippen molar-refractivity contribution in [2.24, 2.45) is 0 Å². The van der Waals surface area contributed by atoms with Crippen LogP contribution in [0.4, 0.5) is 18.9 Å². The Balaban J connectivity index is 0.000000406.